The highest BCUT2D eigenvalue weighted by Gasteiger charge is 2.28. The van der Waals surface area contributed by atoms with Crippen LogP contribution in [0.15, 0.2) is 47.8 Å². The van der Waals surface area contributed by atoms with Gasteiger partial charge >= 0.3 is 0 Å². The van der Waals surface area contributed by atoms with Gasteiger partial charge in [0.1, 0.15) is 5.75 Å². The second kappa shape index (κ2) is 8.53. The van der Waals surface area contributed by atoms with Crippen LogP contribution in [0.4, 0.5) is 5.13 Å². The minimum atomic E-state index is -0.439. The summed E-state index contributed by atoms with van der Waals surface area (Å²) in [6, 6.07) is 12.1. The molecule has 0 aliphatic heterocycles. The second-order valence-corrected chi connectivity index (χ2v) is 8.40. The van der Waals surface area contributed by atoms with Crippen LogP contribution < -0.4 is 9.64 Å². The standard InChI is InChI=1S/C23H20ClN3O3S/c1-13-12-31-23(25-13)27(22(29)15-4-6-16(24)7-5-15)21(28)11-18-14(2)26-20-9-8-17(30-3)10-19(18)20/h4-10,12,26H,11H2,1-3H3. The molecule has 6 nitrogen and oxygen atoms in total. The van der Waals surface area contributed by atoms with E-state index < -0.39 is 5.91 Å². The minimum absolute atomic E-state index is 0.0386. The Morgan fingerprint density at radius 2 is 1.90 bits per heavy atom. The fraction of sp³-hybridized carbons (Fsp3) is 0.174. The number of methoxy groups -OCH3 is 1. The normalized spacial score (nSPS) is 11.0. The third-order valence-corrected chi connectivity index (χ3v) is 6.19. The van der Waals surface area contributed by atoms with E-state index in [-0.39, 0.29) is 12.3 Å². The number of ether oxygens (including phenoxy) is 1. The number of nitrogens with zero attached hydrogens (tertiary/aromatic N) is 2. The number of H-pyrrole nitrogens is 1. The van der Waals surface area contributed by atoms with Gasteiger partial charge < -0.3 is 9.72 Å². The Hall–Kier alpha value is -3.16. The smallest absolute Gasteiger partial charge is 0.266 e. The largest absolute Gasteiger partial charge is 0.497 e. The zero-order chi connectivity index (χ0) is 22.1. The number of amides is 2. The number of rotatable bonds is 5. The number of nitrogens with one attached hydrogen (secondary N) is 1. The molecule has 0 saturated heterocycles. The predicted molar refractivity (Wildman–Crippen MR) is 123 cm³/mol. The molecule has 1 N–H and O–H groups in total. The van der Waals surface area contributed by atoms with E-state index in [9.17, 15) is 9.59 Å². The first kappa shape index (κ1) is 21.1. The molecule has 0 fully saturated rings. The van der Waals surface area contributed by atoms with E-state index in [1.165, 1.54) is 11.3 Å². The lowest BCUT2D eigenvalue weighted by Gasteiger charge is -2.18. The summed E-state index contributed by atoms with van der Waals surface area (Å²) < 4.78 is 5.33. The number of halogens is 1. The highest BCUT2D eigenvalue weighted by Crippen LogP contribution is 2.29. The first-order valence-corrected chi connectivity index (χ1v) is 10.8. The number of thiazole rings is 1. The number of aryl methyl sites for hydroxylation is 2. The number of carbonyl (C=O) groups is 2. The molecule has 2 aromatic heterocycles. The van der Waals surface area contributed by atoms with Crippen LogP contribution in [-0.2, 0) is 11.2 Å². The van der Waals surface area contributed by atoms with E-state index in [1.54, 1.807) is 31.4 Å². The first-order chi connectivity index (χ1) is 14.9. The molecule has 2 aromatic carbocycles. The molecule has 0 aliphatic carbocycles. The third kappa shape index (κ3) is 4.19. The number of anilines is 1. The Morgan fingerprint density at radius 1 is 1.16 bits per heavy atom. The van der Waals surface area contributed by atoms with Gasteiger partial charge in [-0.2, -0.15) is 0 Å². The Labute approximate surface area is 188 Å². The van der Waals surface area contributed by atoms with Gasteiger partial charge in [-0.3, -0.25) is 9.59 Å². The minimum Gasteiger partial charge on any atom is -0.497 e. The summed E-state index contributed by atoms with van der Waals surface area (Å²) in [6.07, 6.45) is 0.0386. The fourth-order valence-electron chi connectivity index (χ4n) is 3.42. The van der Waals surface area contributed by atoms with Crippen LogP contribution in [0.25, 0.3) is 10.9 Å². The quantitative estimate of drug-likeness (QED) is 0.443. The number of fused-ring (bicyclic) bond motifs is 1. The van der Waals surface area contributed by atoms with Gasteiger partial charge in [-0.1, -0.05) is 11.6 Å². The molecule has 0 spiro atoms. The lowest BCUT2D eigenvalue weighted by molar-refractivity contribution is -0.117. The molecule has 0 atom stereocenters. The van der Waals surface area contributed by atoms with E-state index in [1.807, 2.05) is 37.4 Å². The van der Waals surface area contributed by atoms with Gasteiger partial charge in [-0.05, 0) is 61.9 Å². The predicted octanol–water partition coefficient (Wildman–Crippen LogP) is 5.32. The average molecular weight is 454 g/mol. The average Bonchev–Trinajstić information content (AvgIpc) is 3.31. The van der Waals surface area contributed by atoms with Crippen molar-refractivity contribution in [2.75, 3.05) is 12.0 Å². The molecule has 4 rings (SSSR count). The van der Waals surface area contributed by atoms with Crippen molar-refractivity contribution < 1.29 is 14.3 Å². The highest BCUT2D eigenvalue weighted by molar-refractivity contribution is 7.14. The van der Waals surface area contributed by atoms with Gasteiger partial charge in [-0.25, -0.2) is 9.88 Å². The zero-order valence-electron chi connectivity index (χ0n) is 17.2. The Kier molecular flexibility index (Phi) is 5.80. The summed E-state index contributed by atoms with van der Waals surface area (Å²) in [6.45, 7) is 3.74. The lowest BCUT2D eigenvalue weighted by atomic mass is 10.1. The van der Waals surface area contributed by atoms with Crippen LogP contribution >= 0.6 is 22.9 Å². The Balaban J connectivity index is 1.73. The maximum atomic E-state index is 13.5. The summed E-state index contributed by atoms with van der Waals surface area (Å²) in [5.41, 5.74) is 3.70. The summed E-state index contributed by atoms with van der Waals surface area (Å²) in [4.78, 5) is 35.6. The molecule has 0 aliphatic rings. The zero-order valence-corrected chi connectivity index (χ0v) is 18.8. The van der Waals surface area contributed by atoms with Crippen molar-refractivity contribution >= 4 is 50.8 Å². The van der Waals surface area contributed by atoms with Crippen LogP contribution in [0.1, 0.15) is 27.3 Å². The molecule has 2 heterocycles. The topological polar surface area (TPSA) is 75.3 Å². The Bertz CT molecular complexity index is 1280. The molecule has 4 aromatic rings. The van der Waals surface area contributed by atoms with Crippen LogP contribution in [0.3, 0.4) is 0 Å². The van der Waals surface area contributed by atoms with Crippen LogP contribution in [0.2, 0.25) is 5.02 Å². The number of imide groups is 1. The molecule has 0 saturated carbocycles. The second-order valence-electron chi connectivity index (χ2n) is 7.13. The van der Waals surface area contributed by atoms with Crippen LogP contribution in [-0.4, -0.2) is 28.9 Å². The van der Waals surface area contributed by atoms with Crippen molar-refractivity contribution in [3.63, 3.8) is 0 Å². The van der Waals surface area contributed by atoms with Gasteiger partial charge in [0.05, 0.1) is 19.2 Å². The molecule has 0 bridgehead atoms. The highest BCUT2D eigenvalue weighted by atomic mass is 35.5. The number of aromatic amines is 1. The number of aromatic nitrogens is 2. The van der Waals surface area contributed by atoms with E-state index in [0.717, 1.165) is 32.8 Å². The van der Waals surface area contributed by atoms with Crippen molar-refractivity contribution in [1.29, 1.82) is 0 Å². The van der Waals surface area contributed by atoms with Crippen molar-refractivity contribution in [1.82, 2.24) is 9.97 Å². The van der Waals surface area contributed by atoms with E-state index in [0.29, 0.717) is 21.5 Å². The van der Waals surface area contributed by atoms with Crippen molar-refractivity contribution in [3.05, 3.63) is 75.4 Å². The van der Waals surface area contributed by atoms with Crippen molar-refractivity contribution in [2.24, 2.45) is 0 Å². The molecular formula is C23H20ClN3O3S. The molecule has 8 heteroatoms. The summed E-state index contributed by atoms with van der Waals surface area (Å²) in [5.74, 6) is -0.0999. The van der Waals surface area contributed by atoms with Gasteiger partial charge in [0.2, 0.25) is 5.91 Å². The fourth-order valence-corrected chi connectivity index (χ4v) is 4.36. The molecule has 158 valence electrons. The first-order valence-electron chi connectivity index (χ1n) is 9.57. The SMILES string of the molecule is COc1ccc2[nH]c(C)c(CC(=O)N(C(=O)c3ccc(Cl)cc3)c3nc(C)cs3)c2c1. The van der Waals surface area contributed by atoms with E-state index >= 15 is 0 Å². The summed E-state index contributed by atoms with van der Waals surface area (Å²) in [5, 5.41) is 3.56. The third-order valence-electron chi connectivity index (χ3n) is 5.00. The molecular weight excluding hydrogens is 434 g/mol. The summed E-state index contributed by atoms with van der Waals surface area (Å²) in [7, 11) is 1.60. The molecule has 2 amide bonds. The summed E-state index contributed by atoms with van der Waals surface area (Å²) >= 11 is 7.21. The number of hydrogen-bond acceptors (Lipinski definition) is 5. The maximum absolute atomic E-state index is 13.5. The van der Waals surface area contributed by atoms with Gasteiger partial charge in [0.25, 0.3) is 5.91 Å². The van der Waals surface area contributed by atoms with Crippen molar-refractivity contribution in [2.45, 2.75) is 20.3 Å². The van der Waals surface area contributed by atoms with Gasteiger partial charge in [0.15, 0.2) is 5.13 Å². The number of benzene rings is 2. The number of hydrogen-bond donors (Lipinski definition) is 1. The monoisotopic (exact) mass is 453 g/mol. The molecule has 0 unspecified atom stereocenters. The van der Waals surface area contributed by atoms with Crippen molar-refractivity contribution in [3.8, 4) is 5.75 Å². The van der Waals surface area contributed by atoms with Gasteiger partial charge in [-0.15, -0.1) is 11.3 Å². The molecule has 31 heavy (non-hydrogen) atoms. The number of carbonyl (C=O) groups excluding carboxylic acids is 2. The van der Waals surface area contributed by atoms with Gasteiger partial charge in [0, 0.05) is 32.6 Å². The van der Waals surface area contributed by atoms with Crippen LogP contribution in [0.5, 0.6) is 5.75 Å². The van der Waals surface area contributed by atoms with E-state index in [4.69, 9.17) is 16.3 Å². The van der Waals surface area contributed by atoms with E-state index in [2.05, 4.69) is 9.97 Å². The van der Waals surface area contributed by atoms with Crippen LogP contribution in [0, 0.1) is 13.8 Å². The Morgan fingerprint density at radius 3 is 2.55 bits per heavy atom. The lowest BCUT2D eigenvalue weighted by Crippen LogP contribution is -2.38. The molecule has 0 radical (unpaired) electrons. The maximum Gasteiger partial charge on any atom is 0.266 e.